The van der Waals surface area contributed by atoms with Crippen LogP contribution < -0.4 is 5.32 Å². The molecule has 0 radical (unpaired) electrons. The molecule has 0 bridgehead atoms. The number of amides is 1. The zero-order valence-electron chi connectivity index (χ0n) is 16.8. The summed E-state index contributed by atoms with van der Waals surface area (Å²) in [5, 5.41) is 4.77. The van der Waals surface area contributed by atoms with Gasteiger partial charge in [-0.3, -0.25) is 14.7 Å². The van der Waals surface area contributed by atoms with Crippen LogP contribution in [0.2, 0.25) is 0 Å². The number of aromatic nitrogens is 3. The molecule has 1 aliphatic heterocycles. The molecular formula is C22H24FN5O2. The SMILES string of the molecule is Cc1ncc(-c2cc3cc(NC(=O)C4CCC(N5CC5CF)CC4)ncc3cn2)o1. The van der Waals surface area contributed by atoms with Gasteiger partial charge in [0.2, 0.25) is 5.91 Å². The number of hydrogen-bond donors (Lipinski definition) is 1. The summed E-state index contributed by atoms with van der Waals surface area (Å²) in [4.78, 5) is 27.9. The van der Waals surface area contributed by atoms with Gasteiger partial charge >= 0.3 is 0 Å². The molecule has 3 aromatic heterocycles. The predicted octanol–water partition coefficient (Wildman–Crippen LogP) is 3.74. The first-order valence-electron chi connectivity index (χ1n) is 10.4. The molecule has 2 aliphatic rings. The van der Waals surface area contributed by atoms with Crippen LogP contribution >= 0.6 is 0 Å². The highest BCUT2D eigenvalue weighted by molar-refractivity contribution is 5.94. The van der Waals surface area contributed by atoms with Crippen molar-refractivity contribution < 1.29 is 13.6 Å². The van der Waals surface area contributed by atoms with E-state index in [1.807, 2.05) is 12.1 Å². The van der Waals surface area contributed by atoms with Gasteiger partial charge in [-0.1, -0.05) is 0 Å². The number of hydrogen-bond acceptors (Lipinski definition) is 6. The molecular weight excluding hydrogens is 385 g/mol. The summed E-state index contributed by atoms with van der Waals surface area (Å²) in [6.07, 6.45) is 8.66. The Morgan fingerprint density at radius 2 is 1.93 bits per heavy atom. The minimum absolute atomic E-state index is 0.00766. The summed E-state index contributed by atoms with van der Waals surface area (Å²) in [5.74, 6) is 1.71. The maximum absolute atomic E-state index is 12.7. The average molecular weight is 409 g/mol. The fourth-order valence-electron chi connectivity index (χ4n) is 4.40. The van der Waals surface area contributed by atoms with E-state index < -0.39 is 0 Å². The van der Waals surface area contributed by atoms with Crippen molar-refractivity contribution in [1.82, 2.24) is 19.9 Å². The molecule has 1 saturated heterocycles. The number of nitrogens with zero attached hydrogens (tertiary/aromatic N) is 4. The molecule has 8 heteroatoms. The highest BCUT2D eigenvalue weighted by atomic mass is 19.1. The monoisotopic (exact) mass is 409 g/mol. The van der Waals surface area contributed by atoms with Crippen molar-refractivity contribution in [2.75, 3.05) is 18.5 Å². The van der Waals surface area contributed by atoms with Crippen LogP contribution in [0, 0.1) is 12.8 Å². The van der Waals surface area contributed by atoms with Gasteiger partial charge in [-0.2, -0.15) is 0 Å². The van der Waals surface area contributed by atoms with E-state index in [4.69, 9.17) is 4.42 Å². The van der Waals surface area contributed by atoms with Crippen LogP contribution in [0.4, 0.5) is 10.2 Å². The molecule has 7 nitrogen and oxygen atoms in total. The normalized spacial score (nSPS) is 25.9. The lowest BCUT2D eigenvalue weighted by Gasteiger charge is -2.28. The van der Waals surface area contributed by atoms with Gasteiger partial charge in [0, 0.05) is 43.2 Å². The second-order valence-electron chi connectivity index (χ2n) is 8.23. The van der Waals surface area contributed by atoms with E-state index in [9.17, 15) is 9.18 Å². The van der Waals surface area contributed by atoms with E-state index in [0.717, 1.165) is 43.0 Å². The van der Waals surface area contributed by atoms with Crippen molar-refractivity contribution in [3.63, 3.8) is 0 Å². The summed E-state index contributed by atoms with van der Waals surface area (Å²) in [5.41, 5.74) is 0.687. The molecule has 1 saturated carbocycles. The van der Waals surface area contributed by atoms with Crippen LogP contribution in [-0.4, -0.2) is 51.1 Å². The number of halogens is 1. The van der Waals surface area contributed by atoms with Crippen LogP contribution in [0.3, 0.4) is 0 Å². The van der Waals surface area contributed by atoms with Crippen molar-refractivity contribution in [3.05, 3.63) is 36.6 Å². The molecule has 2 unspecified atom stereocenters. The predicted molar refractivity (Wildman–Crippen MR) is 111 cm³/mol. The number of rotatable bonds is 5. The van der Waals surface area contributed by atoms with Crippen LogP contribution in [0.5, 0.6) is 0 Å². The number of alkyl halides is 1. The summed E-state index contributed by atoms with van der Waals surface area (Å²) in [6.45, 7) is 2.39. The fraction of sp³-hybridized carbons (Fsp3) is 0.455. The molecule has 5 rings (SSSR count). The zero-order chi connectivity index (χ0) is 20.7. The quantitative estimate of drug-likeness (QED) is 0.646. The van der Waals surface area contributed by atoms with Gasteiger partial charge in [-0.15, -0.1) is 0 Å². The first kappa shape index (κ1) is 19.1. The van der Waals surface area contributed by atoms with Gasteiger partial charge in [0.25, 0.3) is 0 Å². The lowest BCUT2D eigenvalue weighted by atomic mass is 9.85. The topological polar surface area (TPSA) is 83.9 Å². The van der Waals surface area contributed by atoms with Crippen LogP contribution in [0.15, 0.2) is 35.1 Å². The van der Waals surface area contributed by atoms with Crippen molar-refractivity contribution in [1.29, 1.82) is 0 Å². The molecule has 0 spiro atoms. The Morgan fingerprint density at radius 3 is 2.63 bits per heavy atom. The molecule has 0 aromatic carbocycles. The third-order valence-electron chi connectivity index (χ3n) is 6.20. The third-order valence-corrected chi connectivity index (χ3v) is 6.20. The summed E-state index contributed by atoms with van der Waals surface area (Å²) in [6, 6.07) is 4.31. The number of fused-ring (bicyclic) bond motifs is 1. The van der Waals surface area contributed by atoms with E-state index in [2.05, 4.69) is 25.2 Å². The second kappa shape index (κ2) is 7.75. The summed E-state index contributed by atoms with van der Waals surface area (Å²) in [7, 11) is 0. The maximum Gasteiger partial charge on any atom is 0.228 e. The average Bonchev–Trinajstić information content (AvgIpc) is 3.44. The van der Waals surface area contributed by atoms with Gasteiger partial charge in [-0.25, -0.2) is 14.4 Å². The minimum Gasteiger partial charge on any atom is -0.439 e. The number of nitrogens with one attached hydrogen (secondary N) is 1. The fourth-order valence-corrected chi connectivity index (χ4v) is 4.40. The van der Waals surface area contributed by atoms with Crippen LogP contribution in [0.1, 0.15) is 31.6 Å². The van der Waals surface area contributed by atoms with E-state index in [1.165, 1.54) is 0 Å². The standard InChI is InChI=1S/C22H24FN5O2/c1-13-24-11-20(30-13)19-6-15-7-21(26-10-16(15)9-25-19)27-22(29)14-2-4-17(5-3-14)28-12-18(28)8-23/h6-7,9-11,14,17-18H,2-5,8,12H2,1H3,(H,26,27,29). The van der Waals surface area contributed by atoms with Gasteiger partial charge < -0.3 is 9.73 Å². The highest BCUT2D eigenvalue weighted by Gasteiger charge is 2.41. The van der Waals surface area contributed by atoms with Gasteiger partial charge in [-0.05, 0) is 43.2 Å². The van der Waals surface area contributed by atoms with E-state index in [1.54, 1.807) is 25.5 Å². The highest BCUT2D eigenvalue weighted by Crippen LogP contribution is 2.34. The Kier molecular flexibility index (Phi) is 4.94. The molecule has 2 atom stereocenters. The lowest BCUT2D eigenvalue weighted by Crippen LogP contribution is -2.32. The first-order chi connectivity index (χ1) is 14.6. The molecule has 1 N–H and O–H groups in total. The van der Waals surface area contributed by atoms with Crippen molar-refractivity contribution >= 4 is 22.5 Å². The number of aryl methyl sites for hydroxylation is 1. The van der Waals surface area contributed by atoms with Crippen molar-refractivity contribution in [2.45, 2.75) is 44.7 Å². The number of pyridine rings is 2. The molecule has 30 heavy (non-hydrogen) atoms. The van der Waals surface area contributed by atoms with Crippen LogP contribution in [-0.2, 0) is 4.79 Å². The smallest absolute Gasteiger partial charge is 0.228 e. The van der Waals surface area contributed by atoms with Crippen LogP contribution in [0.25, 0.3) is 22.2 Å². The van der Waals surface area contributed by atoms with Crippen molar-refractivity contribution in [3.8, 4) is 11.5 Å². The molecule has 2 fully saturated rings. The number of oxazole rings is 1. The summed E-state index contributed by atoms with van der Waals surface area (Å²) >= 11 is 0. The largest absolute Gasteiger partial charge is 0.439 e. The van der Waals surface area contributed by atoms with Crippen molar-refractivity contribution in [2.24, 2.45) is 5.92 Å². The second-order valence-corrected chi connectivity index (χ2v) is 8.23. The zero-order valence-corrected chi connectivity index (χ0v) is 16.8. The Morgan fingerprint density at radius 1 is 1.13 bits per heavy atom. The molecule has 1 amide bonds. The Labute approximate surface area is 173 Å². The Balaban J connectivity index is 1.25. The number of anilines is 1. The maximum atomic E-state index is 12.7. The molecule has 3 aromatic rings. The Hall–Kier alpha value is -2.87. The third kappa shape index (κ3) is 3.79. The molecule has 156 valence electrons. The minimum atomic E-state index is -0.263. The number of carbonyl (C=O) groups is 1. The van der Waals surface area contributed by atoms with Gasteiger partial charge in [0.1, 0.15) is 18.2 Å². The molecule has 1 aliphatic carbocycles. The summed E-state index contributed by atoms with van der Waals surface area (Å²) < 4.78 is 18.3. The van der Waals surface area contributed by atoms with Gasteiger partial charge in [0.15, 0.2) is 11.7 Å². The van der Waals surface area contributed by atoms with Gasteiger partial charge in [0.05, 0.1) is 12.2 Å². The van der Waals surface area contributed by atoms with E-state index >= 15 is 0 Å². The lowest BCUT2D eigenvalue weighted by molar-refractivity contribution is -0.121. The number of carbonyl (C=O) groups excluding carboxylic acids is 1. The molecule has 4 heterocycles. The van der Waals surface area contributed by atoms with E-state index in [-0.39, 0.29) is 24.5 Å². The van der Waals surface area contributed by atoms with E-state index in [0.29, 0.717) is 29.2 Å². The Bertz CT molecular complexity index is 1080. The first-order valence-corrected chi connectivity index (χ1v) is 10.4.